The highest BCUT2D eigenvalue weighted by Crippen LogP contribution is 2.64. The number of allylic oxidation sites excluding steroid dienone is 2. The summed E-state index contributed by atoms with van der Waals surface area (Å²) >= 11 is 6.11. The van der Waals surface area contributed by atoms with Gasteiger partial charge in [0, 0.05) is 5.02 Å². The Morgan fingerprint density at radius 3 is 2.29 bits per heavy atom. The molecule has 1 aromatic heterocycles. The van der Waals surface area contributed by atoms with Gasteiger partial charge in [-0.3, -0.25) is 29.5 Å². The molecule has 0 bridgehead atoms. The van der Waals surface area contributed by atoms with Crippen LogP contribution >= 0.6 is 11.6 Å². The number of rotatable bonds is 6. The molecule has 1 saturated carbocycles. The number of furan rings is 1. The van der Waals surface area contributed by atoms with Crippen LogP contribution in [-0.4, -0.2) is 33.7 Å². The molecular weight excluding hydrogens is 630 g/mol. The first kappa shape index (κ1) is 30.4. The molecule has 2 aliphatic heterocycles. The summed E-state index contributed by atoms with van der Waals surface area (Å²) in [6.07, 6.45) is 2.44. The van der Waals surface area contributed by atoms with Crippen LogP contribution in [0.3, 0.4) is 0 Å². The summed E-state index contributed by atoms with van der Waals surface area (Å²) in [5.74, 6) is -4.34. The Morgan fingerprint density at radius 2 is 1.60 bits per heavy atom. The molecule has 4 aliphatic rings. The van der Waals surface area contributed by atoms with Crippen molar-refractivity contribution in [1.29, 1.82) is 0 Å². The fraction of sp³-hybridized carbons (Fsp3) is 0.263. The van der Waals surface area contributed by atoms with Crippen LogP contribution in [0.5, 0.6) is 0 Å². The molecule has 4 aromatic rings. The number of aryl methyl sites for hydroxylation is 1. The van der Waals surface area contributed by atoms with E-state index in [2.05, 4.69) is 5.43 Å². The van der Waals surface area contributed by atoms with Crippen molar-refractivity contribution in [2.45, 2.75) is 37.7 Å². The van der Waals surface area contributed by atoms with Crippen LogP contribution in [0.1, 0.15) is 41.4 Å². The number of imide groups is 2. The zero-order chi connectivity index (χ0) is 33.3. The molecule has 9 nitrogen and oxygen atoms in total. The normalized spacial score (nSPS) is 27.9. The van der Waals surface area contributed by atoms with Gasteiger partial charge < -0.3 is 9.52 Å². The van der Waals surface area contributed by atoms with Crippen molar-refractivity contribution in [3.8, 4) is 0 Å². The molecule has 10 heteroatoms. The number of halogens is 1. The van der Waals surface area contributed by atoms with Crippen LogP contribution in [0.4, 0.5) is 11.4 Å². The van der Waals surface area contributed by atoms with E-state index in [9.17, 15) is 19.5 Å². The lowest BCUT2D eigenvalue weighted by Crippen LogP contribution is -2.53. The first-order valence-electron chi connectivity index (χ1n) is 16.0. The summed E-state index contributed by atoms with van der Waals surface area (Å²) in [5.41, 5.74) is 5.13. The number of aliphatic hydroxyl groups excluding tert-OH is 1. The number of amides is 4. The zero-order valence-corrected chi connectivity index (χ0v) is 26.8. The quantitative estimate of drug-likeness (QED) is 0.194. The van der Waals surface area contributed by atoms with Gasteiger partial charge in [0.15, 0.2) is 0 Å². The lowest BCUT2D eigenvalue weighted by molar-refractivity contribution is -0.138. The molecule has 3 heterocycles. The van der Waals surface area contributed by atoms with Crippen LogP contribution in [0.2, 0.25) is 5.02 Å². The maximum Gasteiger partial charge on any atom is 0.260 e. The highest BCUT2D eigenvalue weighted by atomic mass is 35.5. The molecule has 8 rings (SSSR count). The van der Waals surface area contributed by atoms with Gasteiger partial charge >= 0.3 is 0 Å². The van der Waals surface area contributed by atoms with Crippen molar-refractivity contribution >= 4 is 46.6 Å². The van der Waals surface area contributed by atoms with Gasteiger partial charge in [-0.2, -0.15) is 5.01 Å². The summed E-state index contributed by atoms with van der Waals surface area (Å²) in [5, 5.41) is 11.6. The number of hydrazine groups is 1. The van der Waals surface area contributed by atoms with Crippen molar-refractivity contribution in [3.63, 3.8) is 0 Å². The van der Waals surface area contributed by atoms with E-state index < -0.39 is 46.8 Å². The van der Waals surface area contributed by atoms with Gasteiger partial charge in [0.2, 0.25) is 11.8 Å². The third kappa shape index (κ3) is 4.34. The molecule has 2 saturated heterocycles. The molecular formula is C38H32ClN3O6. The van der Waals surface area contributed by atoms with Gasteiger partial charge in [-0.15, -0.1) is 0 Å². The van der Waals surface area contributed by atoms with Gasteiger partial charge in [0.1, 0.15) is 23.5 Å². The lowest BCUT2D eigenvalue weighted by atomic mass is 9.50. The average molecular weight is 662 g/mol. The first-order chi connectivity index (χ1) is 23.2. The second-order valence-corrected chi connectivity index (χ2v) is 13.5. The number of carbonyl (C=O) groups is 4. The smallest absolute Gasteiger partial charge is 0.260 e. The molecule has 0 unspecified atom stereocenters. The lowest BCUT2D eigenvalue weighted by Gasteiger charge is -2.49. The maximum absolute atomic E-state index is 15.1. The van der Waals surface area contributed by atoms with E-state index in [-0.39, 0.29) is 31.3 Å². The van der Waals surface area contributed by atoms with Gasteiger partial charge in [0.05, 0.1) is 35.0 Å². The molecule has 2 N–H and O–H groups in total. The van der Waals surface area contributed by atoms with Crippen LogP contribution in [0, 0.1) is 30.6 Å². The van der Waals surface area contributed by atoms with Crippen LogP contribution in [0.15, 0.2) is 107 Å². The molecule has 2 aliphatic carbocycles. The monoisotopic (exact) mass is 661 g/mol. The summed E-state index contributed by atoms with van der Waals surface area (Å²) in [7, 11) is 0. The van der Waals surface area contributed by atoms with Crippen molar-refractivity contribution in [2.75, 3.05) is 10.3 Å². The SMILES string of the molecule is Cc1ccc(NN2C(=O)[C@@H]3C[C@@H]4C(=CC[C@@H]5C(=O)N(c6ccc(Cl)cc6)C(=O)[C@@H]54)[C@H](c4ccc(CO)o4)[C@]3(c3ccccc3)C2=O)cc1. The zero-order valence-electron chi connectivity index (χ0n) is 26.0. The number of fused-ring (bicyclic) bond motifs is 4. The minimum atomic E-state index is -1.43. The first-order valence-corrected chi connectivity index (χ1v) is 16.4. The fourth-order valence-corrected chi connectivity index (χ4v) is 8.66. The molecule has 4 amide bonds. The van der Waals surface area contributed by atoms with E-state index in [0.29, 0.717) is 33.5 Å². The minimum absolute atomic E-state index is 0.177. The molecule has 6 atom stereocenters. The van der Waals surface area contributed by atoms with Crippen molar-refractivity contribution < 1.29 is 28.7 Å². The van der Waals surface area contributed by atoms with E-state index in [0.717, 1.165) is 16.1 Å². The number of nitrogens with zero attached hydrogens (tertiary/aromatic N) is 2. The Morgan fingerprint density at radius 1 is 0.875 bits per heavy atom. The van der Waals surface area contributed by atoms with Gasteiger partial charge in [-0.1, -0.05) is 71.3 Å². The predicted octanol–water partition coefficient (Wildman–Crippen LogP) is 5.92. The third-order valence-electron chi connectivity index (χ3n) is 10.6. The van der Waals surface area contributed by atoms with Crippen LogP contribution in [-0.2, 0) is 31.2 Å². The summed E-state index contributed by atoms with van der Waals surface area (Å²) in [6.45, 7) is 1.61. The summed E-state index contributed by atoms with van der Waals surface area (Å²) < 4.78 is 6.22. The number of benzene rings is 3. The molecule has 3 fully saturated rings. The Balaban J connectivity index is 1.30. The van der Waals surface area contributed by atoms with Crippen molar-refractivity contribution in [3.05, 3.63) is 130 Å². The second kappa shape index (κ2) is 11.3. The van der Waals surface area contributed by atoms with Crippen LogP contribution < -0.4 is 10.3 Å². The van der Waals surface area contributed by atoms with Gasteiger partial charge in [0.25, 0.3) is 11.8 Å². The van der Waals surface area contributed by atoms with Crippen LogP contribution in [0.25, 0.3) is 0 Å². The fourth-order valence-electron chi connectivity index (χ4n) is 8.53. The maximum atomic E-state index is 15.1. The topological polar surface area (TPSA) is 120 Å². The molecule has 3 aromatic carbocycles. The standard InChI is InChI=1S/C38H32ClN3O6/c1-21-7-11-24(12-8-21)40-42-35(45)30-19-29-27(16-17-28-32(29)36(46)41(34(28)44)25-13-9-23(39)10-14-25)33(31-18-15-26(20-43)48-31)38(30,37(42)47)22-5-3-2-4-6-22/h2-16,18,28-30,32-33,40,43H,17,19-20H2,1H3/t28-,29+,30-,32-,33+,38+/m0/s1. The summed E-state index contributed by atoms with van der Waals surface area (Å²) in [4.78, 5) is 59.1. The Labute approximate surface area is 281 Å². The van der Waals surface area contributed by atoms with E-state index in [1.165, 1.54) is 4.90 Å². The number of hydrogen-bond donors (Lipinski definition) is 2. The van der Waals surface area contributed by atoms with Gasteiger partial charge in [-0.05, 0) is 79.8 Å². The third-order valence-corrected chi connectivity index (χ3v) is 10.9. The minimum Gasteiger partial charge on any atom is -0.463 e. The molecule has 48 heavy (non-hydrogen) atoms. The largest absolute Gasteiger partial charge is 0.463 e. The van der Waals surface area contributed by atoms with E-state index in [4.69, 9.17) is 16.0 Å². The predicted molar refractivity (Wildman–Crippen MR) is 177 cm³/mol. The van der Waals surface area contributed by atoms with E-state index in [1.54, 1.807) is 36.4 Å². The van der Waals surface area contributed by atoms with E-state index >= 15 is 4.79 Å². The number of nitrogens with one attached hydrogen (secondary N) is 1. The summed E-state index contributed by atoms with van der Waals surface area (Å²) in [6, 6.07) is 26.6. The number of aliphatic hydroxyl groups is 1. The molecule has 0 radical (unpaired) electrons. The Hall–Kier alpha value is -4.99. The Kier molecular flexibility index (Phi) is 7.16. The number of anilines is 2. The Bertz CT molecular complexity index is 1990. The van der Waals surface area contributed by atoms with Gasteiger partial charge in [-0.25, -0.2) is 0 Å². The van der Waals surface area contributed by atoms with Crippen molar-refractivity contribution in [1.82, 2.24) is 5.01 Å². The highest BCUT2D eigenvalue weighted by Gasteiger charge is 2.71. The number of hydrogen-bond acceptors (Lipinski definition) is 7. The average Bonchev–Trinajstić information content (AvgIpc) is 3.74. The second-order valence-electron chi connectivity index (χ2n) is 13.0. The van der Waals surface area contributed by atoms with E-state index in [1.807, 2.05) is 67.6 Å². The van der Waals surface area contributed by atoms with Crippen molar-refractivity contribution in [2.24, 2.45) is 23.7 Å². The number of carbonyl (C=O) groups excluding carboxylic acids is 4. The highest BCUT2D eigenvalue weighted by molar-refractivity contribution is 6.31. The molecule has 0 spiro atoms. The molecule has 242 valence electrons.